The summed E-state index contributed by atoms with van der Waals surface area (Å²) in [6.07, 6.45) is 0.906. The first-order valence-corrected chi connectivity index (χ1v) is 10.2. The minimum atomic E-state index is -5.58. The van der Waals surface area contributed by atoms with Gasteiger partial charge in [0.1, 0.15) is 5.75 Å². The number of benzene rings is 1. The van der Waals surface area contributed by atoms with Crippen molar-refractivity contribution < 1.29 is 30.1 Å². The quantitative estimate of drug-likeness (QED) is 0.546. The van der Waals surface area contributed by atoms with Crippen LogP contribution in [0.3, 0.4) is 0 Å². The van der Waals surface area contributed by atoms with E-state index in [0.29, 0.717) is 5.92 Å². The van der Waals surface area contributed by atoms with E-state index in [9.17, 15) is 21.4 Å². The van der Waals surface area contributed by atoms with Crippen LogP contribution in [0.25, 0.3) is 0 Å². The summed E-state index contributed by atoms with van der Waals surface area (Å²) in [5, 5.41) is 0. The molecule has 0 spiro atoms. The highest BCUT2D eigenvalue weighted by molar-refractivity contribution is 8.02. The molecule has 0 aromatic heterocycles. The number of hydrogen-bond donors (Lipinski definition) is 1. The van der Waals surface area contributed by atoms with Crippen LogP contribution in [0.1, 0.15) is 52.5 Å². The van der Waals surface area contributed by atoms with Gasteiger partial charge in [-0.05, 0) is 41.4 Å². The predicted octanol–water partition coefficient (Wildman–Crippen LogP) is 4.34. The van der Waals surface area contributed by atoms with Gasteiger partial charge < -0.3 is 8.74 Å². The first-order valence-electron chi connectivity index (χ1n) is 7.71. The van der Waals surface area contributed by atoms with Crippen LogP contribution in [0.4, 0.5) is 8.78 Å². The summed E-state index contributed by atoms with van der Waals surface area (Å²) in [6, 6.07) is 5.78. The molecule has 0 bridgehead atoms. The van der Waals surface area contributed by atoms with E-state index in [-0.39, 0.29) is 17.1 Å². The van der Waals surface area contributed by atoms with Gasteiger partial charge in [0.15, 0.2) is 0 Å². The molecule has 1 aromatic carbocycles. The summed E-state index contributed by atoms with van der Waals surface area (Å²) in [5.74, 6) is 0.286. The summed E-state index contributed by atoms with van der Waals surface area (Å²) in [7, 11) is -5.58. The normalized spacial score (nSPS) is 15.9. The topological polar surface area (TPSA) is 80.7 Å². The van der Waals surface area contributed by atoms with Gasteiger partial charge in [-0.25, -0.2) is 4.21 Å². The molecule has 5 nitrogen and oxygen atoms in total. The Hall–Kier alpha value is -1.06. The Morgan fingerprint density at radius 2 is 1.64 bits per heavy atom. The van der Waals surface area contributed by atoms with Crippen LogP contribution in [0.5, 0.6) is 5.75 Å². The minimum absolute atomic E-state index is 0.0421. The summed E-state index contributed by atoms with van der Waals surface area (Å²) < 4.78 is 67.8. The molecule has 1 aromatic rings. The second-order valence-corrected chi connectivity index (χ2v) is 10.2. The van der Waals surface area contributed by atoms with Crippen LogP contribution in [-0.4, -0.2) is 21.8 Å². The molecule has 0 saturated carbocycles. The molecule has 0 heterocycles. The second kappa shape index (κ2) is 7.67. The molecule has 1 rings (SSSR count). The van der Waals surface area contributed by atoms with Crippen LogP contribution in [0, 0.1) is 11.3 Å². The van der Waals surface area contributed by atoms with Gasteiger partial charge in [0.05, 0.1) is 0 Å². The zero-order chi connectivity index (χ0) is 19.6. The van der Waals surface area contributed by atoms with Gasteiger partial charge in [0.25, 0.3) is 0 Å². The van der Waals surface area contributed by atoms with Gasteiger partial charge in [0.2, 0.25) is 11.1 Å². The zero-order valence-corrected chi connectivity index (χ0v) is 16.5. The molecule has 1 N–H and O–H groups in total. The summed E-state index contributed by atoms with van der Waals surface area (Å²) >= 11 is -3.90. The lowest BCUT2D eigenvalue weighted by molar-refractivity contribution is 0.165. The van der Waals surface area contributed by atoms with E-state index >= 15 is 0 Å². The fourth-order valence-corrected chi connectivity index (χ4v) is 3.74. The van der Waals surface area contributed by atoms with Gasteiger partial charge in [0, 0.05) is 0 Å². The maximum atomic E-state index is 13.3. The molecule has 0 aliphatic carbocycles. The molecule has 0 aliphatic rings. The monoisotopic (exact) mass is 398 g/mol. The predicted molar refractivity (Wildman–Crippen MR) is 93.4 cm³/mol. The molecule has 0 amide bonds. The van der Waals surface area contributed by atoms with E-state index in [4.69, 9.17) is 4.55 Å². The van der Waals surface area contributed by atoms with Crippen molar-refractivity contribution >= 4 is 21.2 Å². The van der Waals surface area contributed by atoms with Crippen LogP contribution < -0.4 is 4.18 Å². The Labute approximate surface area is 150 Å². The molecular weight excluding hydrogens is 374 g/mol. The average molecular weight is 398 g/mol. The second-order valence-electron chi connectivity index (χ2n) is 7.37. The number of halogens is 2. The molecule has 25 heavy (non-hydrogen) atoms. The molecule has 0 fully saturated rings. The van der Waals surface area contributed by atoms with Gasteiger partial charge >= 0.3 is 14.7 Å². The molecule has 2 unspecified atom stereocenters. The third-order valence-electron chi connectivity index (χ3n) is 3.74. The van der Waals surface area contributed by atoms with Crippen LogP contribution in [0.15, 0.2) is 24.3 Å². The van der Waals surface area contributed by atoms with E-state index in [0.717, 1.165) is 12.0 Å². The summed E-state index contributed by atoms with van der Waals surface area (Å²) in [6.45, 7) is 10.5. The number of rotatable bonds is 7. The lowest BCUT2D eigenvalue weighted by Crippen LogP contribution is -2.36. The molecular formula is C16H24F2O5S2. The molecule has 9 heteroatoms. The Bertz CT molecular complexity index is 707. The van der Waals surface area contributed by atoms with E-state index in [1.807, 2.05) is 0 Å². The van der Waals surface area contributed by atoms with Gasteiger partial charge in [-0.15, -0.1) is 0 Å². The van der Waals surface area contributed by atoms with E-state index in [1.54, 1.807) is 12.1 Å². The van der Waals surface area contributed by atoms with Crippen molar-refractivity contribution in [1.29, 1.82) is 0 Å². The average Bonchev–Trinajstić information content (AvgIpc) is 2.43. The van der Waals surface area contributed by atoms with Crippen molar-refractivity contribution in [2.24, 2.45) is 11.3 Å². The van der Waals surface area contributed by atoms with Crippen LogP contribution >= 0.6 is 0 Å². The van der Waals surface area contributed by atoms with Gasteiger partial charge in [-0.2, -0.15) is 17.2 Å². The van der Waals surface area contributed by atoms with E-state index in [2.05, 4.69) is 38.8 Å². The lowest BCUT2D eigenvalue weighted by Gasteiger charge is -2.32. The Kier molecular flexibility index (Phi) is 6.75. The van der Waals surface area contributed by atoms with Gasteiger partial charge in [-0.1, -0.05) is 46.8 Å². The van der Waals surface area contributed by atoms with Gasteiger partial charge in [-0.3, -0.25) is 0 Å². The third-order valence-corrected chi connectivity index (χ3v) is 6.18. The largest absolute Gasteiger partial charge is 0.481 e. The highest BCUT2D eigenvalue weighted by atomic mass is 32.3. The zero-order valence-electron chi connectivity index (χ0n) is 14.8. The smallest absolute Gasteiger partial charge is 0.377 e. The van der Waals surface area contributed by atoms with Crippen molar-refractivity contribution in [3.63, 3.8) is 0 Å². The van der Waals surface area contributed by atoms with Crippen molar-refractivity contribution in [1.82, 2.24) is 0 Å². The van der Waals surface area contributed by atoms with Crippen molar-refractivity contribution in [2.45, 2.75) is 51.5 Å². The Morgan fingerprint density at radius 3 is 2.00 bits per heavy atom. The number of hydrogen-bond acceptors (Lipinski definition) is 4. The molecule has 0 aliphatic heterocycles. The standard InChI is InChI=1S/C16H24F2O5S2/c1-11(2)10-14(15(3,4)5)12-6-8-13(9-7-12)23-25(21,22)16(17,18)24(19)20/h6-9,11,14H,10H2,1-5H3,(H,19,20). The minimum Gasteiger partial charge on any atom is -0.377 e. The maximum absolute atomic E-state index is 13.3. The van der Waals surface area contributed by atoms with Crippen molar-refractivity contribution in [3.05, 3.63) is 29.8 Å². The molecule has 0 saturated heterocycles. The Morgan fingerprint density at radius 1 is 1.16 bits per heavy atom. The lowest BCUT2D eigenvalue weighted by atomic mass is 9.72. The SMILES string of the molecule is CC(C)CC(c1ccc(OS(=O)(=O)C(F)(F)S(=O)O)cc1)C(C)(C)C. The molecule has 2 atom stereocenters. The molecule has 144 valence electrons. The summed E-state index contributed by atoms with van der Waals surface area (Å²) in [5.41, 5.74) is 0.892. The fourth-order valence-electron chi connectivity index (χ4n) is 2.48. The summed E-state index contributed by atoms with van der Waals surface area (Å²) in [4.78, 5) is 0. The fraction of sp³-hybridized carbons (Fsp3) is 0.625. The van der Waals surface area contributed by atoms with E-state index < -0.39 is 25.8 Å². The first kappa shape index (κ1) is 22.0. The van der Waals surface area contributed by atoms with E-state index in [1.165, 1.54) is 12.1 Å². The number of alkyl halides is 2. The third kappa shape index (κ3) is 5.46. The Balaban J connectivity index is 3.09. The van der Waals surface area contributed by atoms with Crippen LogP contribution in [-0.2, 0) is 21.2 Å². The highest BCUT2D eigenvalue weighted by Gasteiger charge is 2.54. The van der Waals surface area contributed by atoms with Crippen molar-refractivity contribution in [3.8, 4) is 5.75 Å². The first-order chi connectivity index (χ1) is 11.2. The highest BCUT2D eigenvalue weighted by Crippen LogP contribution is 2.40. The van der Waals surface area contributed by atoms with Crippen molar-refractivity contribution in [2.75, 3.05) is 0 Å². The van der Waals surface area contributed by atoms with Crippen LogP contribution in [0.2, 0.25) is 0 Å². The maximum Gasteiger partial charge on any atom is 0.481 e. The molecule has 0 radical (unpaired) electrons.